The first-order chi connectivity index (χ1) is 10.4. The third-order valence-electron chi connectivity index (χ3n) is 3.45. The van der Waals surface area contributed by atoms with E-state index in [0.717, 1.165) is 5.56 Å². The van der Waals surface area contributed by atoms with Gasteiger partial charge in [-0.15, -0.1) is 0 Å². The molecule has 116 valence electrons. The predicted octanol–water partition coefficient (Wildman–Crippen LogP) is 1.79. The Morgan fingerprint density at radius 1 is 1.27 bits per heavy atom. The summed E-state index contributed by atoms with van der Waals surface area (Å²) < 4.78 is 0. The molecule has 22 heavy (non-hydrogen) atoms. The standard InChI is InChI=1S/C17H21N3O2/c1-17(22,14-7-5-4-6-8-14)12-19-16(21)13-9-10-18-15(11-13)20(2)3/h4-11,22H,12H2,1-3H3,(H,19,21). The Labute approximate surface area is 130 Å². The molecule has 0 aliphatic carbocycles. The molecular weight excluding hydrogens is 278 g/mol. The lowest BCUT2D eigenvalue weighted by molar-refractivity contribution is 0.0526. The summed E-state index contributed by atoms with van der Waals surface area (Å²) in [6, 6.07) is 12.6. The molecule has 1 unspecified atom stereocenters. The zero-order valence-electron chi connectivity index (χ0n) is 13.1. The van der Waals surface area contributed by atoms with Gasteiger partial charge in [0.2, 0.25) is 0 Å². The van der Waals surface area contributed by atoms with Crippen molar-refractivity contribution in [3.63, 3.8) is 0 Å². The number of nitrogens with one attached hydrogen (secondary N) is 1. The van der Waals surface area contributed by atoms with E-state index in [4.69, 9.17) is 0 Å². The molecule has 1 atom stereocenters. The number of carbonyl (C=O) groups excluding carboxylic acids is 1. The quantitative estimate of drug-likeness (QED) is 0.883. The predicted molar refractivity (Wildman–Crippen MR) is 86.9 cm³/mol. The third-order valence-corrected chi connectivity index (χ3v) is 3.45. The number of nitrogens with zero attached hydrogens (tertiary/aromatic N) is 2. The Kier molecular flexibility index (Phi) is 4.78. The van der Waals surface area contributed by atoms with Crippen LogP contribution in [0.2, 0.25) is 0 Å². The lowest BCUT2D eigenvalue weighted by Gasteiger charge is -2.24. The fraction of sp³-hybridized carbons (Fsp3) is 0.294. The third kappa shape index (κ3) is 3.83. The van der Waals surface area contributed by atoms with Crippen LogP contribution in [0.1, 0.15) is 22.8 Å². The van der Waals surface area contributed by atoms with Crippen molar-refractivity contribution in [1.29, 1.82) is 0 Å². The van der Waals surface area contributed by atoms with Crippen LogP contribution in [0.4, 0.5) is 5.82 Å². The number of benzene rings is 1. The Morgan fingerprint density at radius 3 is 2.59 bits per heavy atom. The largest absolute Gasteiger partial charge is 0.384 e. The first-order valence-electron chi connectivity index (χ1n) is 7.09. The second kappa shape index (κ2) is 6.58. The van der Waals surface area contributed by atoms with E-state index in [2.05, 4.69) is 10.3 Å². The monoisotopic (exact) mass is 299 g/mol. The van der Waals surface area contributed by atoms with Crippen molar-refractivity contribution in [2.75, 3.05) is 25.5 Å². The highest BCUT2D eigenvalue weighted by Crippen LogP contribution is 2.19. The zero-order valence-corrected chi connectivity index (χ0v) is 13.1. The summed E-state index contributed by atoms with van der Waals surface area (Å²) in [6.07, 6.45) is 1.60. The number of rotatable bonds is 5. The maximum Gasteiger partial charge on any atom is 0.251 e. The topological polar surface area (TPSA) is 65.5 Å². The first-order valence-corrected chi connectivity index (χ1v) is 7.09. The molecule has 5 nitrogen and oxygen atoms in total. The van der Waals surface area contributed by atoms with Gasteiger partial charge in [0.1, 0.15) is 11.4 Å². The van der Waals surface area contributed by atoms with Crippen molar-refractivity contribution in [1.82, 2.24) is 10.3 Å². The molecule has 2 N–H and O–H groups in total. The average molecular weight is 299 g/mol. The summed E-state index contributed by atoms with van der Waals surface area (Å²) in [7, 11) is 3.73. The second-order valence-corrected chi connectivity index (χ2v) is 5.62. The number of pyridine rings is 1. The van der Waals surface area contributed by atoms with Gasteiger partial charge in [-0.2, -0.15) is 0 Å². The van der Waals surface area contributed by atoms with E-state index in [-0.39, 0.29) is 12.5 Å². The number of amides is 1. The van der Waals surface area contributed by atoms with Crippen molar-refractivity contribution in [3.05, 3.63) is 59.8 Å². The molecule has 0 spiro atoms. The molecule has 0 aliphatic heterocycles. The maximum absolute atomic E-state index is 12.2. The summed E-state index contributed by atoms with van der Waals surface area (Å²) in [5.41, 5.74) is 0.162. The Balaban J connectivity index is 2.05. The maximum atomic E-state index is 12.2. The van der Waals surface area contributed by atoms with Gasteiger partial charge < -0.3 is 15.3 Å². The van der Waals surface area contributed by atoms with Crippen LogP contribution < -0.4 is 10.2 Å². The highest BCUT2D eigenvalue weighted by Gasteiger charge is 2.23. The molecule has 1 aromatic carbocycles. The zero-order chi connectivity index (χ0) is 16.2. The fourth-order valence-corrected chi connectivity index (χ4v) is 2.06. The molecule has 0 bridgehead atoms. The normalized spacial score (nSPS) is 13.3. The van der Waals surface area contributed by atoms with Crippen LogP contribution in [0.15, 0.2) is 48.7 Å². The lowest BCUT2D eigenvalue weighted by atomic mass is 9.96. The van der Waals surface area contributed by atoms with Gasteiger partial charge in [-0.25, -0.2) is 4.98 Å². The summed E-state index contributed by atoms with van der Waals surface area (Å²) in [6.45, 7) is 1.82. The fourth-order valence-electron chi connectivity index (χ4n) is 2.06. The van der Waals surface area contributed by atoms with Crippen molar-refractivity contribution in [3.8, 4) is 0 Å². The van der Waals surface area contributed by atoms with E-state index in [1.807, 2.05) is 49.3 Å². The first kappa shape index (κ1) is 16.0. The van der Waals surface area contributed by atoms with Crippen molar-refractivity contribution >= 4 is 11.7 Å². The van der Waals surface area contributed by atoms with Crippen molar-refractivity contribution in [2.24, 2.45) is 0 Å². The second-order valence-electron chi connectivity index (χ2n) is 5.62. The van der Waals surface area contributed by atoms with E-state index < -0.39 is 5.60 Å². The van der Waals surface area contributed by atoms with Crippen molar-refractivity contribution < 1.29 is 9.90 Å². The number of hydrogen-bond donors (Lipinski definition) is 2. The van der Waals surface area contributed by atoms with Crippen molar-refractivity contribution in [2.45, 2.75) is 12.5 Å². The molecular formula is C17H21N3O2. The molecule has 1 amide bonds. The van der Waals surface area contributed by atoms with Gasteiger partial charge in [0.05, 0.1) is 6.54 Å². The van der Waals surface area contributed by atoms with E-state index >= 15 is 0 Å². The number of anilines is 1. The van der Waals surface area contributed by atoms with Gasteiger partial charge in [0, 0.05) is 25.9 Å². The Bertz CT molecular complexity index is 639. The summed E-state index contributed by atoms with van der Waals surface area (Å²) in [5.74, 6) is 0.476. The van der Waals surface area contributed by atoms with Gasteiger partial charge in [-0.1, -0.05) is 30.3 Å². The minimum atomic E-state index is -1.12. The van der Waals surface area contributed by atoms with E-state index in [1.54, 1.807) is 25.3 Å². The smallest absolute Gasteiger partial charge is 0.251 e. The molecule has 1 aromatic heterocycles. The molecule has 0 radical (unpaired) electrons. The van der Waals surface area contributed by atoms with Crippen LogP contribution in [0.25, 0.3) is 0 Å². The summed E-state index contributed by atoms with van der Waals surface area (Å²) >= 11 is 0. The van der Waals surface area contributed by atoms with Gasteiger partial charge in [-0.05, 0) is 24.6 Å². The minimum Gasteiger partial charge on any atom is -0.384 e. The van der Waals surface area contributed by atoms with E-state index in [9.17, 15) is 9.90 Å². The van der Waals surface area contributed by atoms with Gasteiger partial charge >= 0.3 is 0 Å². The Hall–Kier alpha value is -2.40. The van der Waals surface area contributed by atoms with Crippen LogP contribution in [0.3, 0.4) is 0 Å². The van der Waals surface area contributed by atoms with Crippen LogP contribution in [0, 0.1) is 0 Å². The van der Waals surface area contributed by atoms with Gasteiger partial charge in [0.15, 0.2) is 0 Å². The molecule has 2 rings (SSSR count). The average Bonchev–Trinajstić information content (AvgIpc) is 2.53. The van der Waals surface area contributed by atoms with Crippen LogP contribution in [-0.2, 0) is 5.60 Å². The summed E-state index contributed by atoms with van der Waals surface area (Å²) in [4.78, 5) is 18.2. The SMILES string of the molecule is CN(C)c1cc(C(=O)NCC(C)(O)c2ccccc2)ccn1. The summed E-state index contributed by atoms with van der Waals surface area (Å²) in [5, 5.41) is 13.3. The van der Waals surface area contributed by atoms with E-state index in [1.165, 1.54) is 0 Å². The van der Waals surface area contributed by atoms with Gasteiger partial charge in [-0.3, -0.25) is 4.79 Å². The highest BCUT2D eigenvalue weighted by molar-refractivity contribution is 5.94. The van der Waals surface area contributed by atoms with Crippen LogP contribution >= 0.6 is 0 Å². The molecule has 5 heteroatoms. The number of carbonyl (C=O) groups is 1. The molecule has 0 saturated heterocycles. The molecule has 2 aromatic rings. The molecule has 0 saturated carbocycles. The molecule has 0 fully saturated rings. The van der Waals surface area contributed by atoms with Crippen LogP contribution in [-0.4, -0.2) is 36.6 Å². The molecule has 1 heterocycles. The number of hydrogen-bond acceptors (Lipinski definition) is 4. The van der Waals surface area contributed by atoms with Crippen LogP contribution in [0.5, 0.6) is 0 Å². The Morgan fingerprint density at radius 2 is 1.95 bits per heavy atom. The highest BCUT2D eigenvalue weighted by atomic mass is 16.3. The minimum absolute atomic E-state index is 0.134. The van der Waals surface area contributed by atoms with E-state index in [0.29, 0.717) is 11.4 Å². The number of aliphatic hydroxyl groups is 1. The lowest BCUT2D eigenvalue weighted by Crippen LogP contribution is -2.38. The molecule has 0 aliphatic rings. The van der Waals surface area contributed by atoms with Gasteiger partial charge in [0.25, 0.3) is 5.91 Å². The number of aromatic nitrogens is 1.